The molecule has 2 heterocycles. The maximum absolute atomic E-state index is 13.4. The van der Waals surface area contributed by atoms with E-state index in [-0.39, 0.29) is 24.2 Å². The van der Waals surface area contributed by atoms with Gasteiger partial charge in [-0.15, -0.1) is 0 Å². The fraction of sp³-hybridized carbons (Fsp3) is 0.682. The Balaban J connectivity index is 1.58. The maximum atomic E-state index is 13.4. The number of rotatable bonds is 10. The number of alkyl carbamates (subject to hydrolysis) is 1. The van der Waals surface area contributed by atoms with Gasteiger partial charge >= 0.3 is 6.09 Å². The first-order valence-corrected chi connectivity index (χ1v) is 13.1. The third-order valence-corrected chi connectivity index (χ3v) is 8.34. The van der Waals surface area contributed by atoms with E-state index >= 15 is 0 Å². The normalized spacial score (nSPS) is 22.7. The van der Waals surface area contributed by atoms with Gasteiger partial charge in [0.25, 0.3) is 0 Å². The van der Waals surface area contributed by atoms with Gasteiger partial charge < -0.3 is 19.7 Å². The van der Waals surface area contributed by atoms with Gasteiger partial charge in [-0.25, -0.2) is 13.2 Å². The molecule has 3 rings (SSSR count). The lowest BCUT2D eigenvalue weighted by Crippen LogP contribution is -2.53. The highest BCUT2D eigenvalue weighted by Gasteiger charge is 2.40. The molecule has 2 fully saturated rings. The van der Waals surface area contributed by atoms with Gasteiger partial charge in [0, 0.05) is 24.7 Å². The minimum Gasteiger partial charge on any atom is -0.448 e. The molecule has 1 N–H and O–H groups in total. The largest absolute Gasteiger partial charge is 0.448 e. The predicted molar refractivity (Wildman–Crippen MR) is 123 cm³/mol. The molecule has 1 aromatic carbocycles. The van der Waals surface area contributed by atoms with Crippen LogP contribution in [0.1, 0.15) is 38.5 Å². The first-order chi connectivity index (χ1) is 15.4. The molecule has 0 bridgehead atoms. The average molecular weight is 488 g/mol. The van der Waals surface area contributed by atoms with Crippen LogP contribution in [0.25, 0.3) is 0 Å². The van der Waals surface area contributed by atoms with Gasteiger partial charge in [-0.3, -0.25) is 0 Å². The molecule has 0 unspecified atom stereocenters. The summed E-state index contributed by atoms with van der Waals surface area (Å²) in [6.45, 7) is 4.06. The Morgan fingerprint density at radius 1 is 1.09 bits per heavy atom. The van der Waals surface area contributed by atoms with Crippen LogP contribution in [0, 0.1) is 0 Å². The monoisotopic (exact) mass is 487 g/mol. The number of carbonyl (C=O) groups is 1. The van der Waals surface area contributed by atoms with E-state index in [1.165, 1.54) is 29.3 Å². The van der Waals surface area contributed by atoms with Crippen LogP contribution in [0.4, 0.5) is 4.79 Å². The number of nitrogens with one attached hydrogen (secondary N) is 1. The maximum Gasteiger partial charge on any atom is 0.407 e. The Bertz CT molecular complexity index is 828. The number of halogens is 1. The summed E-state index contributed by atoms with van der Waals surface area (Å²) in [6, 6.07) is 5.37. The number of hydrogen-bond acceptors (Lipinski definition) is 6. The quantitative estimate of drug-likeness (QED) is 0.510. The molecule has 0 radical (unpaired) electrons. The van der Waals surface area contributed by atoms with Crippen LogP contribution in [0.15, 0.2) is 29.2 Å². The molecule has 0 spiro atoms. The van der Waals surface area contributed by atoms with E-state index in [0.717, 1.165) is 32.5 Å². The molecule has 32 heavy (non-hydrogen) atoms. The number of amides is 1. The number of methoxy groups -OCH3 is 1. The summed E-state index contributed by atoms with van der Waals surface area (Å²) in [5.41, 5.74) is 0. The number of hydrogen-bond donors (Lipinski definition) is 1. The highest BCUT2D eigenvalue weighted by atomic mass is 35.5. The molecule has 1 amide bonds. The topological polar surface area (TPSA) is 88.2 Å². The van der Waals surface area contributed by atoms with E-state index in [2.05, 4.69) is 10.2 Å². The minimum absolute atomic E-state index is 0.00495. The van der Waals surface area contributed by atoms with Crippen LogP contribution in [-0.2, 0) is 19.5 Å². The van der Waals surface area contributed by atoms with Crippen molar-refractivity contribution < 1.29 is 22.7 Å². The van der Waals surface area contributed by atoms with Crippen LogP contribution >= 0.6 is 11.6 Å². The lowest BCUT2D eigenvalue weighted by molar-refractivity contribution is 0.0526. The zero-order chi connectivity index (χ0) is 23.0. The van der Waals surface area contributed by atoms with E-state index in [4.69, 9.17) is 21.1 Å². The predicted octanol–water partition coefficient (Wildman–Crippen LogP) is 3.11. The number of benzene rings is 1. The number of carbonyl (C=O) groups excluding carboxylic acids is 1. The molecule has 0 saturated carbocycles. The third kappa shape index (κ3) is 6.81. The van der Waals surface area contributed by atoms with Crippen molar-refractivity contribution in [2.24, 2.45) is 0 Å². The highest BCUT2D eigenvalue weighted by molar-refractivity contribution is 7.89. The molecule has 10 heteroatoms. The van der Waals surface area contributed by atoms with Crippen molar-refractivity contribution in [1.29, 1.82) is 0 Å². The van der Waals surface area contributed by atoms with Gasteiger partial charge in [0.15, 0.2) is 0 Å². The Morgan fingerprint density at radius 2 is 1.75 bits per heavy atom. The standard InChI is InChI=1S/C22H34ClN3O5S/c1-30-16-19-6-4-7-20(26(19)32(28,29)21-10-8-18(23)9-11-21)17-31-22(27)24-12-5-15-25-13-2-3-14-25/h8-11,19-20H,2-7,12-17H2,1H3,(H,24,27)/t19-,20+/m1/s1. The molecule has 180 valence electrons. The van der Waals surface area contributed by atoms with Gasteiger partial charge in [-0.1, -0.05) is 18.0 Å². The Hall–Kier alpha value is -1.39. The zero-order valence-electron chi connectivity index (χ0n) is 18.7. The van der Waals surface area contributed by atoms with Crippen molar-refractivity contribution in [3.05, 3.63) is 29.3 Å². The second kappa shape index (κ2) is 12.2. The van der Waals surface area contributed by atoms with Crippen molar-refractivity contribution in [2.45, 2.75) is 55.5 Å². The first kappa shape index (κ1) is 25.2. The van der Waals surface area contributed by atoms with Crippen LogP contribution in [-0.4, -0.2) is 82.3 Å². The minimum atomic E-state index is -3.80. The summed E-state index contributed by atoms with van der Waals surface area (Å²) < 4.78 is 39.1. The Morgan fingerprint density at radius 3 is 2.41 bits per heavy atom. The molecule has 2 saturated heterocycles. The lowest BCUT2D eigenvalue weighted by atomic mass is 9.99. The summed E-state index contributed by atoms with van der Waals surface area (Å²) >= 11 is 5.93. The second-order valence-corrected chi connectivity index (χ2v) is 10.7. The van der Waals surface area contributed by atoms with Gasteiger partial charge in [0.05, 0.1) is 17.5 Å². The number of piperidine rings is 1. The van der Waals surface area contributed by atoms with E-state index in [1.807, 2.05) is 0 Å². The fourth-order valence-corrected chi connectivity index (χ4v) is 6.46. The summed E-state index contributed by atoms with van der Waals surface area (Å²) in [7, 11) is -2.24. The third-order valence-electron chi connectivity index (χ3n) is 6.07. The lowest BCUT2D eigenvalue weighted by Gasteiger charge is -2.40. The molecule has 0 aromatic heterocycles. The Labute approximate surface area is 196 Å². The molecule has 0 aliphatic carbocycles. The highest BCUT2D eigenvalue weighted by Crippen LogP contribution is 2.31. The molecular weight excluding hydrogens is 454 g/mol. The smallest absolute Gasteiger partial charge is 0.407 e. The Kier molecular flexibility index (Phi) is 9.61. The van der Waals surface area contributed by atoms with E-state index in [0.29, 0.717) is 24.4 Å². The molecule has 1 aromatic rings. The second-order valence-electron chi connectivity index (χ2n) is 8.41. The number of sulfonamides is 1. The number of likely N-dealkylation sites (tertiary alicyclic amines) is 1. The number of ether oxygens (including phenoxy) is 2. The van der Waals surface area contributed by atoms with Gasteiger partial charge in [-0.2, -0.15) is 4.31 Å². The summed E-state index contributed by atoms with van der Waals surface area (Å²) in [6.07, 6.45) is 5.00. The van der Waals surface area contributed by atoms with Crippen molar-refractivity contribution in [3.8, 4) is 0 Å². The van der Waals surface area contributed by atoms with Crippen LogP contribution < -0.4 is 5.32 Å². The fourth-order valence-electron chi connectivity index (χ4n) is 4.49. The van der Waals surface area contributed by atoms with Crippen molar-refractivity contribution in [3.63, 3.8) is 0 Å². The summed E-state index contributed by atoms with van der Waals surface area (Å²) in [5.74, 6) is 0. The van der Waals surface area contributed by atoms with Crippen molar-refractivity contribution >= 4 is 27.7 Å². The molecule has 2 aliphatic heterocycles. The van der Waals surface area contributed by atoms with E-state index < -0.39 is 22.2 Å². The van der Waals surface area contributed by atoms with E-state index in [9.17, 15) is 13.2 Å². The summed E-state index contributed by atoms with van der Waals surface area (Å²) in [5, 5.41) is 3.25. The SMILES string of the molecule is COC[C@H]1CCC[C@@H](COC(=O)NCCCN2CCCC2)N1S(=O)(=O)c1ccc(Cl)cc1. The van der Waals surface area contributed by atoms with Gasteiger partial charge in [0.2, 0.25) is 10.0 Å². The molecular formula is C22H34ClN3O5S. The summed E-state index contributed by atoms with van der Waals surface area (Å²) in [4.78, 5) is 14.8. The zero-order valence-corrected chi connectivity index (χ0v) is 20.2. The molecule has 8 nitrogen and oxygen atoms in total. The van der Waals surface area contributed by atoms with E-state index in [1.54, 1.807) is 19.2 Å². The van der Waals surface area contributed by atoms with Gasteiger partial charge in [0.1, 0.15) is 6.61 Å². The van der Waals surface area contributed by atoms with Crippen LogP contribution in [0.5, 0.6) is 0 Å². The van der Waals surface area contributed by atoms with Crippen LogP contribution in [0.3, 0.4) is 0 Å². The first-order valence-electron chi connectivity index (χ1n) is 11.3. The number of nitrogens with zero attached hydrogens (tertiary/aromatic N) is 2. The van der Waals surface area contributed by atoms with Crippen molar-refractivity contribution in [2.75, 3.05) is 46.5 Å². The molecule has 2 atom stereocenters. The van der Waals surface area contributed by atoms with Crippen molar-refractivity contribution in [1.82, 2.24) is 14.5 Å². The molecule has 2 aliphatic rings. The van der Waals surface area contributed by atoms with Gasteiger partial charge in [-0.05, 0) is 76.0 Å². The van der Waals surface area contributed by atoms with Crippen LogP contribution in [0.2, 0.25) is 5.02 Å². The average Bonchev–Trinajstić information content (AvgIpc) is 3.29.